The van der Waals surface area contributed by atoms with Crippen LogP contribution in [0.1, 0.15) is 33.0 Å². The molecule has 2 fully saturated rings. The van der Waals surface area contributed by atoms with Crippen molar-refractivity contribution in [3.05, 3.63) is 92.8 Å². The Balaban J connectivity index is 1.37. The van der Waals surface area contributed by atoms with Gasteiger partial charge < -0.3 is 15.1 Å². The highest BCUT2D eigenvalue weighted by Crippen LogP contribution is 2.36. The molecular weight excluding hydrogens is 581 g/mol. The highest BCUT2D eigenvalue weighted by molar-refractivity contribution is 6.42. The predicted molar refractivity (Wildman–Crippen MR) is 151 cm³/mol. The summed E-state index contributed by atoms with van der Waals surface area (Å²) in [5.41, 5.74) is 0.428. The van der Waals surface area contributed by atoms with Gasteiger partial charge in [-0.15, -0.1) is 0 Å². The van der Waals surface area contributed by atoms with Gasteiger partial charge in [-0.25, -0.2) is 9.37 Å². The largest absolute Gasteiger partial charge is 0.419 e. The van der Waals surface area contributed by atoms with E-state index in [1.807, 2.05) is 24.1 Å². The van der Waals surface area contributed by atoms with E-state index >= 15 is 0 Å². The minimum Gasteiger partial charge on any atom is -0.354 e. The fourth-order valence-electron chi connectivity index (χ4n) is 5.54. The van der Waals surface area contributed by atoms with Crippen LogP contribution in [0.3, 0.4) is 0 Å². The van der Waals surface area contributed by atoms with Crippen LogP contribution in [-0.2, 0) is 12.7 Å². The number of nitrogens with zero attached hydrogens (tertiary/aromatic N) is 4. The van der Waals surface area contributed by atoms with Crippen molar-refractivity contribution < 1.29 is 22.4 Å². The molecule has 2 saturated heterocycles. The maximum Gasteiger partial charge on any atom is 0.419 e. The number of amides is 1. The van der Waals surface area contributed by atoms with E-state index in [-0.39, 0.29) is 24.4 Å². The number of hydrogen-bond donors (Lipinski definition) is 1. The Labute approximate surface area is 245 Å². The van der Waals surface area contributed by atoms with E-state index in [1.54, 1.807) is 29.3 Å². The molecule has 2 aliphatic heterocycles. The Morgan fingerprint density at radius 3 is 2.44 bits per heavy atom. The number of nitrogens with one attached hydrogen (secondary N) is 1. The van der Waals surface area contributed by atoms with Crippen molar-refractivity contribution in [1.82, 2.24) is 20.1 Å². The molecular formula is C29H29Cl2F4N5O. The maximum absolute atomic E-state index is 14.3. The van der Waals surface area contributed by atoms with E-state index < -0.39 is 17.6 Å². The number of likely N-dealkylation sites (N-methyl/N-ethyl adjacent to an activating group) is 1. The third-order valence-electron chi connectivity index (χ3n) is 7.72. The molecule has 0 spiro atoms. The molecule has 2 aromatic carbocycles. The summed E-state index contributed by atoms with van der Waals surface area (Å²) in [6.07, 6.45) is -3.17. The summed E-state index contributed by atoms with van der Waals surface area (Å²) >= 11 is 12.5. The number of aromatic nitrogens is 1. The molecule has 3 aromatic rings. The molecule has 6 nitrogen and oxygen atoms in total. The molecule has 41 heavy (non-hydrogen) atoms. The first-order chi connectivity index (χ1) is 19.5. The van der Waals surface area contributed by atoms with Crippen molar-refractivity contribution >= 4 is 34.9 Å². The summed E-state index contributed by atoms with van der Waals surface area (Å²) in [7, 11) is 1.81. The second-order valence-electron chi connectivity index (χ2n) is 10.4. The number of likely N-dealkylation sites (tertiary alicyclic amines) is 1. The Morgan fingerprint density at radius 2 is 1.80 bits per heavy atom. The second-order valence-corrected chi connectivity index (χ2v) is 11.2. The molecule has 12 heteroatoms. The lowest BCUT2D eigenvalue weighted by Crippen LogP contribution is -2.43. The van der Waals surface area contributed by atoms with Crippen molar-refractivity contribution in [3.8, 4) is 0 Å². The summed E-state index contributed by atoms with van der Waals surface area (Å²) in [5.74, 6) is -0.846. The van der Waals surface area contributed by atoms with Crippen molar-refractivity contribution in [1.29, 1.82) is 0 Å². The van der Waals surface area contributed by atoms with E-state index in [0.717, 1.165) is 49.7 Å². The third-order valence-corrected chi connectivity index (χ3v) is 8.46. The quantitative estimate of drug-likeness (QED) is 0.364. The number of rotatable bonds is 6. The van der Waals surface area contributed by atoms with Gasteiger partial charge in [0.2, 0.25) is 0 Å². The van der Waals surface area contributed by atoms with Gasteiger partial charge in [0.1, 0.15) is 11.6 Å². The summed E-state index contributed by atoms with van der Waals surface area (Å²) in [6.45, 7) is 4.35. The van der Waals surface area contributed by atoms with E-state index in [2.05, 4.69) is 15.2 Å². The molecule has 2 aliphatic rings. The van der Waals surface area contributed by atoms with Crippen LogP contribution in [0.5, 0.6) is 0 Å². The molecule has 1 amide bonds. The molecule has 0 aliphatic carbocycles. The van der Waals surface area contributed by atoms with Crippen molar-refractivity contribution in [2.24, 2.45) is 0 Å². The topological polar surface area (TPSA) is 51.7 Å². The molecule has 218 valence electrons. The normalized spacial score (nSPS) is 19.7. The van der Waals surface area contributed by atoms with Gasteiger partial charge in [-0.05, 0) is 54.6 Å². The summed E-state index contributed by atoms with van der Waals surface area (Å²) in [5, 5.41) is 4.09. The average molecular weight is 610 g/mol. The molecule has 1 aromatic heterocycles. The van der Waals surface area contributed by atoms with E-state index in [9.17, 15) is 22.4 Å². The first-order valence-corrected chi connectivity index (χ1v) is 14.0. The van der Waals surface area contributed by atoms with Gasteiger partial charge in [0.05, 0.1) is 21.2 Å². The van der Waals surface area contributed by atoms with E-state index in [0.29, 0.717) is 34.3 Å². The van der Waals surface area contributed by atoms with Gasteiger partial charge in [-0.3, -0.25) is 9.69 Å². The molecule has 0 radical (unpaired) electrons. The van der Waals surface area contributed by atoms with Gasteiger partial charge in [-0.2, -0.15) is 13.2 Å². The highest BCUT2D eigenvalue weighted by atomic mass is 35.5. The third kappa shape index (κ3) is 6.61. The molecule has 2 atom stereocenters. The number of hydrogen-bond acceptors (Lipinski definition) is 5. The number of carbonyl (C=O) groups excluding carboxylic acids is 1. The van der Waals surface area contributed by atoms with Crippen LogP contribution in [-0.4, -0.2) is 73.0 Å². The van der Waals surface area contributed by atoms with Crippen molar-refractivity contribution in [3.63, 3.8) is 0 Å². The van der Waals surface area contributed by atoms with Gasteiger partial charge in [0.15, 0.2) is 0 Å². The molecule has 3 heterocycles. The van der Waals surface area contributed by atoms with Gasteiger partial charge in [0.25, 0.3) is 5.91 Å². The zero-order valence-electron chi connectivity index (χ0n) is 22.3. The smallest absolute Gasteiger partial charge is 0.354 e. The lowest BCUT2D eigenvalue weighted by molar-refractivity contribution is -0.140. The van der Waals surface area contributed by atoms with Crippen molar-refractivity contribution in [2.45, 2.75) is 24.7 Å². The standard InChI is InChI=1S/C29H29Cl2F4N5O/c1-38(15-18-2-5-22(25(32)12-18)29(33,34)35)26-17-40(16-21(26)19-3-6-23(30)24(31)13-19)28(41)20-4-7-27(37-14-20)39-10-8-36-9-11-39/h2-7,12-14,21,26,36H,8-11,15-17H2,1H3/t21-,26-/m1/s1. The monoisotopic (exact) mass is 609 g/mol. The zero-order valence-corrected chi connectivity index (χ0v) is 23.8. The van der Waals surface area contributed by atoms with E-state index in [1.165, 1.54) is 6.07 Å². The number of benzene rings is 2. The van der Waals surface area contributed by atoms with Crippen LogP contribution >= 0.6 is 23.2 Å². The number of pyridine rings is 1. The summed E-state index contributed by atoms with van der Waals surface area (Å²) < 4.78 is 53.4. The predicted octanol–water partition coefficient (Wildman–Crippen LogP) is 5.70. The van der Waals surface area contributed by atoms with Crippen LogP contribution in [0.15, 0.2) is 54.7 Å². The van der Waals surface area contributed by atoms with Crippen LogP contribution < -0.4 is 10.2 Å². The lowest BCUT2D eigenvalue weighted by Gasteiger charge is -2.29. The number of carbonyl (C=O) groups is 1. The fourth-order valence-corrected chi connectivity index (χ4v) is 5.84. The number of halogens is 6. The fraction of sp³-hybridized carbons (Fsp3) is 0.379. The molecule has 1 N–H and O–H groups in total. The minimum atomic E-state index is -4.77. The number of piperazine rings is 1. The zero-order chi connectivity index (χ0) is 29.3. The molecule has 5 rings (SSSR count). The Bertz CT molecular complexity index is 1400. The Morgan fingerprint density at radius 1 is 1.05 bits per heavy atom. The molecule has 0 bridgehead atoms. The summed E-state index contributed by atoms with van der Waals surface area (Å²) in [6, 6.07) is 11.7. The second kappa shape index (κ2) is 12.1. The van der Waals surface area contributed by atoms with Gasteiger partial charge in [-0.1, -0.05) is 35.3 Å². The SMILES string of the molecule is CN(Cc1ccc(C(F)(F)F)c(F)c1)[C@@H]1CN(C(=O)c2ccc(N3CCNCC3)nc2)C[C@@H]1c1ccc(Cl)c(Cl)c1. The number of alkyl halides is 3. The van der Waals surface area contributed by atoms with Gasteiger partial charge >= 0.3 is 6.18 Å². The highest BCUT2D eigenvalue weighted by Gasteiger charge is 2.39. The first kappa shape index (κ1) is 29.6. The van der Waals surface area contributed by atoms with Crippen LogP contribution in [0.4, 0.5) is 23.4 Å². The Kier molecular flexibility index (Phi) is 8.75. The van der Waals surface area contributed by atoms with Crippen LogP contribution in [0.2, 0.25) is 10.0 Å². The average Bonchev–Trinajstić information content (AvgIpc) is 3.40. The first-order valence-electron chi connectivity index (χ1n) is 13.2. The van der Waals surface area contributed by atoms with E-state index in [4.69, 9.17) is 23.2 Å². The van der Waals surface area contributed by atoms with Gasteiger partial charge in [0, 0.05) is 64.0 Å². The minimum absolute atomic E-state index is 0.175. The number of anilines is 1. The molecule has 0 unspecified atom stereocenters. The Hall–Kier alpha value is -2.92. The lowest BCUT2D eigenvalue weighted by atomic mass is 9.93. The van der Waals surface area contributed by atoms with Crippen LogP contribution in [0, 0.1) is 5.82 Å². The van der Waals surface area contributed by atoms with Crippen molar-refractivity contribution in [2.75, 3.05) is 51.2 Å². The summed E-state index contributed by atoms with van der Waals surface area (Å²) in [4.78, 5) is 23.9. The maximum atomic E-state index is 14.3. The molecule has 0 saturated carbocycles. The van der Waals surface area contributed by atoms with Crippen LogP contribution in [0.25, 0.3) is 0 Å².